The average molecular weight is 235 g/mol. The van der Waals surface area contributed by atoms with Crippen molar-refractivity contribution in [3.63, 3.8) is 0 Å². The summed E-state index contributed by atoms with van der Waals surface area (Å²) in [5.41, 5.74) is 1.12. The van der Waals surface area contributed by atoms with Crippen molar-refractivity contribution in [3.8, 4) is 0 Å². The van der Waals surface area contributed by atoms with Gasteiger partial charge in [-0.3, -0.25) is 4.79 Å². The summed E-state index contributed by atoms with van der Waals surface area (Å²) in [6.45, 7) is 13.0. The van der Waals surface area contributed by atoms with Gasteiger partial charge in [0, 0.05) is 30.3 Å². The fourth-order valence-corrected chi connectivity index (χ4v) is 3.68. The van der Waals surface area contributed by atoms with Crippen molar-refractivity contribution in [1.82, 2.24) is 4.90 Å². The van der Waals surface area contributed by atoms with E-state index in [9.17, 15) is 4.79 Å². The topological polar surface area (TPSA) is 20.3 Å². The van der Waals surface area contributed by atoms with Crippen LogP contribution in [-0.4, -0.2) is 23.8 Å². The molecule has 0 aromatic heterocycles. The number of ketones is 1. The van der Waals surface area contributed by atoms with Gasteiger partial charge < -0.3 is 4.90 Å². The molecule has 2 atom stereocenters. The van der Waals surface area contributed by atoms with Gasteiger partial charge in [-0.2, -0.15) is 0 Å². The minimum Gasteiger partial charge on any atom is -0.378 e. The smallest absolute Gasteiger partial charge is 0.167 e. The zero-order chi connectivity index (χ0) is 12.8. The molecule has 0 aliphatic heterocycles. The molecule has 0 saturated heterocycles. The third-order valence-electron chi connectivity index (χ3n) is 5.50. The summed E-state index contributed by atoms with van der Waals surface area (Å²) in [5.74, 6) is 0.881. The van der Waals surface area contributed by atoms with Crippen LogP contribution in [0.5, 0.6) is 0 Å². The van der Waals surface area contributed by atoms with E-state index in [-0.39, 0.29) is 10.8 Å². The maximum Gasteiger partial charge on any atom is 0.167 e. The lowest BCUT2D eigenvalue weighted by molar-refractivity contribution is -0.125. The van der Waals surface area contributed by atoms with Crippen molar-refractivity contribution in [2.24, 2.45) is 16.7 Å². The summed E-state index contributed by atoms with van der Waals surface area (Å²) in [4.78, 5) is 14.8. The Kier molecular flexibility index (Phi) is 2.87. The molecule has 0 heterocycles. The van der Waals surface area contributed by atoms with Gasteiger partial charge in [0.05, 0.1) is 0 Å². The van der Waals surface area contributed by atoms with Gasteiger partial charge in [0.25, 0.3) is 0 Å². The summed E-state index contributed by atoms with van der Waals surface area (Å²) < 4.78 is 0. The molecule has 0 spiro atoms. The molecule has 2 bridgehead atoms. The second-order valence-electron chi connectivity index (χ2n) is 6.28. The summed E-state index contributed by atoms with van der Waals surface area (Å²) in [7, 11) is 0. The van der Waals surface area contributed by atoms with Crippen molar-refractivity contribution in [2.75, 3.05) is 13.1 Å². The van der Waals surface area contributed by atoms with Gasteiger partial charge in [-0.05, 0) is 38.0 Å². The van der Waals surface area contributed by atoms with Crippen LogP contribution in [0.4, 0.5) is 0 Å². The quantitative estimate of drug-likeness (QED) is 0.700. The fourth-order valence-electron chi connectivity index (χ4n) is 3.68. The number of hydrogen-bond donors (Lipinski definition) is 0. The molecule has 96 valence electrons. The summed E-state index contributed by atoms with van der Waals surface area (Å²) in [6, 6.07) is 0. The highest BCUT2D eigenvalue weighted by atomic mass is 16.1. The largest absolute Gasteiger partial charge is 0.378 e. The van der Waals surface area contributed by atoms with Crippen LogP contribution in [0.2, 0.25) is 0 Å². The maximum atomic E-state index is 12.6. The molecule has 2 aliphatic rings. The van der Waals surface area contributed by atoms with E-state index < -0.39 is 0 Å². The molecule has 0 amide bonds. The highest BCUT2D eigenvalue weighted by molar-refractivity contribution is 6.04. The van der Waals surface area contributed by atoms with Crippen LogP contribution >= 0.6 is 0 Å². The van der Waals surface area contributed by atoms with Crippen molar-refractivity contribution < 1.29 is 4.79 Å². The maximum absolute atomic E-state index is 12.6. The third-order valence-corrected chi connectivity index (χ3v) is 5.50. The Balaban J connectivity index is 2.38. The van der Waals surface area contributed by atoms with Gasteiger partial charge in [-0.1, -0.05) is 20.8 Å². The lowest BCUT2D eigenvalue weighted by Gasteiger charge is -2.31. The first-order valence-electron chi connectivity index (χ1n) is 6.89. The summed E-state index contributed by atoms with van der Waals surface area (Å²) in [6.07, 6.45) is 4.39. The summed E-state index contributed by atoms with van der Waals surface area (Å²) in [5, 5.41) is 0. The highest BCUT2D eigenvalue weighted by Crippen LogP contribution is 2.65. The van der Waals surface area contributed by atoms with E-state index in [0.717, 1.165) is 25.1 Å². The monoisotopic (exact) mass is 235 g/mol. The molecule has 2 heteroatoms. The number of allylic oxidation sites excluding steroid dienone is 1. The lowest BCUT2D eigenvalue weighted by atomic mass is 9.70. The highest BCUT2D eigenvalue weighted by Gasteiger charge is 2.64. The standard InChI is InChI=1S/C15H25NO/c1-6-16(7-2)10-11-12-8-9-15(5,13(11)17)14(12,3)4/h10,12H,6-9H2,1-5H3/b11-10+/t12-,15+/m1/s1. The number of carbonyl (C=O) groups is 1. The average Bonchev–Trinajstić information content (AvgIpc) is 2.59. The number of nitrogens with zero attached hydrogens (tertiary/aromatic N) is 1. The van der Waals surface area contributed by atoms with E-state index in [4.69, 9.17) is 0 Å². The second kappa shape index (κ2) is 3.86. The summed E-state index contributed by atoms with van der Waals surface area (Å²) >= 11 is 0. The van der Waals surface area contributed by atoms with Crippen molar-refractivity contribution in [2.45, 2.75) is 47.5 Å². The molecule has 17 heavy (non-hydrogen) atoms. The van der Waals surface area contributed by atoms with Gasteiger partial charge in [0.1, 0.15) is 0 Å². The molecular formula is C15H25NO. The van der Waals surface area contributed by atoms with Crippen LogP contribution in [-0.2, 0) is 4.79 Å². The zero-order valence-corrected chi connectivity index (χ0v) is 11.8. The van der Waals surface area contributed by atoms with Crippen LogP contribution in [0.3, 0.4) is 0 Å². The van der Waals surface area contributed by atoms with Gasteiger partial charge in [-0.15, -0.1) is 0 Å². The van der Waals surface area contributed by atoms with E-state index in [0.29, 0.717) is 11.7 Å². The predicted octanol–water partition coefficient (Wildman–Crippen LogP) is 3.24. The van der Waals surface area contributed by atoms with Gasteiger partial charge in [0.15, 0.2) is 5.78 Å². The molecule has 2 rings (SSSR count). The molecule has 2 saturated carbocycles. The van der Waals surface area contributed by atoms with E-state index in [1.807, 2.05) is 0 Å². The van der Waals surface area contributed by atoms with Gasteiger partial charge in [-0.25, -0.2) is 0 Å². The molecule has 2 aliphatic carbocycles. The van der Waals surface area contributed by atoms with Crippen molar-refractivity contribution >= 4 is 5.78 Å². The number of carbonyl (C=O) groups excluding carboxylic acids is 1. The van der Waals surface area contributed by atoms with Crippen LogP contribution in [0.25, 0.3) is 0 Å². The number of Topliss-reactive ketones (excluding diaryl/α,β-unsaturated/α-hetero) is 1. The Morgan fingerprint density at radius 1 is 1.29 bits per heavy atom. The second-order valence-corrected chi connectivity index (χ2v) is 6.28. The first kappa shape index (κ1) is 12.7. The van der Waals surface area contributed by atoms with Gasteiger partial charge >= 0.3 is 0 Å². The third kappa shape index (κ3) is 1.49. The molecule has 0 aromatic carbocycles. The molecule has 0 aromatic rings. The molecular weight excluding hydrogens is 210 g/mol. The first-order valence-corrected chi connectivity index (χ1v) is 6.89. The van der Waals surface area contributed by atoms with E-state index in [1.165, 1.54) is 6.42 Å². The van der Waals surface area contributed by atoms with E-state index in [1.54, 1.807) is 0 Å². The molecule has 2 fully saturated rings. The Morgan fingerprint density at radius 3 is 2.29 bits per heavy atom. The Labute approximate surface area is 105 Å². The normalized spacial score (nSPS) is 36.9. The van der Waals surface area contributed by atoms with Crippen LogP contribution in [0.15, 0.2) is 11.8 Å². The van der Waals surface area contributed by atoms with Crippen LogP contribution < -0.4 is 0 Å². The predicted molar refractivity (Wildman–Crippen MR) is 70.6 cm³/mol. The molecule has 0 unspecified atom stereocenters. The first-order chi connectivity index (χ1) is 7.88. The van der Waals surface area contributed by atoms with Crippen molar-refractivity contribution in [1.29, 1.82) is 0 Å². The zero-order valence-electron chi connectivity index (χ0n) is 11.8. The molecule has 0 N–H and O–H groups in total. The Hall–Kier alpha value is -0.790. The SMILES string of the molecule is CCN(/C=C1/C(=O)[C@]2(C)CC[C@H]1C2(C)C)CC. The van der Waals surface area contributed by atoms with Crippen LogP contribution in [0.1, 0.15) is 47.5 Å². The van der Waals surface area contributed by atoms with Crippen molar-refractivity contribution in [3.05, 3.63) is 11.8 Å². The molecule has 2 nitrogen and oxygen atoms in total. The minimum atomic E-state index is -0.114. The fraction of sp³-hybridized carbons (Fsp3) is 0.800. The number of rotatable bonds is 3. The lowest BCUT2D eigenvalue weighted by Crippen LogP contribution is -2.32. The van der Waals surface area contributed by atoms with E-state index >= 15 is 0 Å². The minimum absolute atomic E-state index is 0.114. The number of fused-ring (bicyclic) bond motifs is 2. The Morgan fingerprint density at radius 2 is 1.88 bits per heavy atom. The van der Waals surface area contributed by atoms with Gasteiger partial charge in [0.2, 0.25) is 0 Å². The van der Waals surface area contributed by atoms with E-state index in [2.05, 4.69) is 45.7 Å². The van der Waals surface area contributed by atoms with Crippen LogP contribution in [0, 0.1) is 16.7 Å². The Bertz CT molecular complexity index is 365. The molecule has 0 radical (unpaired) electrons. The number of hydrogen-bond acceptors (Lipinski definition) is 2.